The predicted molar refractivity (Wildman–Crippen MR) is 83.4 cm³/mol. The summed E-state index contributed by atoms with van der Waals surface area (Å²) in [4.78, 5) is 15.6. The number of rotatable bonds is 4. The molecule has 1 aromatic carbocycles. The smallest absolute Gasteiger partial charge is 0.264 e. The zero-order chi connectivity index (χ0) is 14.2. The molecule has 0 spiro atoms. The van der Waals surface area contributed by atoms with Crippen molar-refractivity contribution in [3.8, 4) is 0 Å². The maximum Gasteiger partial charge on any atom is 0.264 e. The molecule has 0 atom stereocenters. The van der Waals surface area contributed by atoms with Crippen molar-refractivity contribution in [1.82, 2.24) is 4.90 Å². The molecular formula is C17H15NO2S. The molecule has 4 rings (SSSR count). The summed E-state index contributed by atoms with van der Waals surface area (Å²) < 4.78 is 6.56. The maximum absolute atomic E-state index is 12.8. The minimum absolute atomic E-state index is 0.120. The van der Waals surface area contributed by atoms with Crippen molar-refractivity contribution in [2.75, 3.05) is 0 Å². The lowest BCUT2D eigenvalue weighted by Crippen LogP contribution is -2.31. The first kappa shape index (κ1) is 12.7. The highest BCUT2D eigenvalue weighted by Gasteiger charge is 2.34. The second-order valence-corrected chi connectivity index (χ2v) is 6.48. The van der Waals surface area contributed by atoms with Gasteiger partial charge < -0.3 is 9.32 Å². The Labute approximate surface area is 126 Å². The molecule has 3 nitrogen and oxygen atoms in total. The maximum atomic E-state index is 12.8. The lowest BCUT2D eigenvalue weighted by molar-refractivity contribution is 0.0722. The van der Waals surface area contributed by atoms with Gasteiger partial charge in [-0.1, -0.05) is 18.2 Å². The second-order valence-electron chi connectivity index (χ2n) is 5.39. The van der Waals surface area contributed by atoms with Gasteiger partial charge in [-0.2, -0.15) is 0 Å². The number of carbonyl (C=O) groups excluding carboxylic acids is 1. The van der Waals surface area contributed by atoms with E-state index in [0.717, 1.165) is 33.6 Å². The highest BCUT2D eigenvalue weighted by atomic mass is 32.1. The van der Waals surface area contributed by atoms with E-state index in [1.54, 1.807) is 17.6 Å². The van der Waals surface area contributed by atoms with Gasteiger partial charge in [-0.3, -0.25) is 4.79 Å². The third kappa shape index (κ3) is 2.47. The Hall–Kier alpha value is -2.07. The molecule has 4 heteroatoms. The first-order valence-electron chi connectivity index (χ1n) is 7.13. The monoisotopic (exact) mass is 297 g/mol. The fourth-order valence-corrected chi connectivity index (χ4v) is 3.57. The molecule has 106 valence electrons. The van der Waals surface area contributed by atoms with Crippen molar-refractivity contribution in [2.45, 2.75) is 25.4 Å². The largest absolute Gasteiger partial charge is 0.467 e. The summed E-state index contributed by atoms with van der Waals surface area (Å²) in [7, 11) is 0. The number of furan rings is 1. The third-order valence-electron chi connectivity index (χ3n) is 3.79. The number of fused-ring (bicyclic) bond motifs is 1. The molecule has 1 fully saturated rings. The van der Waals surface area contributed by atoms with E-state index in [0.29, 0.717) is 12.6 Å². The number of hydrogen-bond donors (Lipinski definition) is 0. The normalized spacial score (nSPS) is 14.5. The Balaban J connectivity index is 1.64. The molecule has 1 saturated carbocycles. The molecule has 1 aliphatic rings. The zero-order valence-corrected chi connectivity index (χ0v) is 12.3. The summed E-state index contributed by atoms with van der Waals surface area (Å²) >= 11 is 1.57. The highest BCUT2D eigenvalue weighted by molar-refractivity contribution is 7.20. The van der Waals surface area contributed by atoms with Gasteiger partial charge in [-0.05, 0) is 42.5 Å². The molecule has 0 saturated heterocycles. The number of thiophene rings is 1. The van der Waals surface area contributed by atoms with Crippen molar-refractivity contribution in [3.05, 3.63) is 59.4 Å². The van der Waals surface area contributed by atoms with E-state index in [1.807, 2.05) is 35.2 Å². The van der Waals surface area contributed by atoms with E-state index in [-0.39, 0.29) is 5.91 Å². The van der Waals surface area contributed by atoms with Crippen LogP contribution in [0.3, 0.4) is 0 Å². The Kier molecular flexibility index (Phi) is 3.04. The summed E-state index contributed by atoms with van der Waals surface area (Å²) in [5.74, 6) is 0.964. The van der Waals surface area contributed by atoms with Gasteiger partial charge in [0, 0.05) is 10.7 Å². The van der Waals surface area contributed by atoms with Crippen LogP contribution in [0.2, 0.25) is 0 Å². The fourth-order valence-electron chi connectivity index (χ4n) is 2.55. The van der Waals surface area contributed by atoms with E-state index >= 15 is 0 Å². The van der Waals surface area contributed by atoms with E-state index < -0.39 is 0 Å². The molecule has 0 N–H and O–H groups in total. The molecule has 0 unspecified atom stereocenters. The predicted octanol–water partition coefficient (Wildman–Crippen LogP) is 4.30. The van der Waals surface area contributed by atoms with Gasteiger partial charge in [-0.25, -0.2) is 0 Å². The number of carbonyl (C=O) groups is 1. The molecular weight excluding hydrogens is 282 g/mol. The van der Waals surface area contributed by atoms with E-state index in [4.69, 9.17) is 4.42 Å². The molecule has 0 radical (unpaired) electrons. The molecule has 21 heavy (non-hydrogen) atoms. The average molecular weight is 297 g/mol. The molecule has 2 heterocycles. The van der Waals surface area contributed by atoms with Crippen LogP contribution in [-0.2, 0) is 6.54 Å². The van der Waals surface area contributed by atoms with Crippen molar-refractivity contribution in [1.29, 1.82) is 0 Å². The van der Waals surface area contributed by atoms with Crippen LogP contribution in [0, 0.1) is 0 Å². The highest BCUT2D eigenvalue weighted by Crippen LogP contribution is 2.33. The molecule has 3 aromatic rings. The Morgan fingerprint density at radius 3 is 2.81 bits per heavy atom. The Morgan fingerprint density at radius 2 is 2.10 bits per heavy atom. The SMILES string of the molecule is O=C(c1cc2ccccc2s1)N(Cc1ccco1)C1CC1. The van der Waals surface area contributed by atoms with Crippen LogP contribution < -0.4 is 0 Å². The van der Waals surface area contributed by atoms with Crippen LogP contribution in [0.15, 0.2) is 53.1 Å². The van der Waals surface area contributed by atoms with Crippen LogP contribution in [-0.4, -0.2) is 16.8 Å². The Bertz CT molecular complexity index is 738. The molecule has 0 aliphatic heterocycles. The van der Waals surface area contributed by atoms with Crippen LogP contribution in [0.1, 0.15) is 28.3 Å². The van der Waals surface area contributed by atoms with Gasteiger partial charge in [0.1, 0.15) is 5.76 Å². The number of hydrogen-bond acceptors (Lipinski definition) is 3. The standard InChI is InChI=1S/C17H15NO2S/c19-17(16-10-12-4-1-2-6-15(12)21-16)18(13-7-8-13)11-14-5-3-9-20-14/h1-6,9-10,13H,7-8,11H2. The first-order chi connectivity index (χ1) is 10.3. The van der Waals surface area contributed by atoms with Crippen LogP contribution >= 0.6 is 11.3 Å². The van der Waals surface area contributed by atoms with Crippen molar-refractivity contribution in [2.24, 2.45) is 0 Å². The minimum atomic E-state index is 0.120. The minimum Gasteiger partial charge on any atom is -0.467 e. The summed E-state index contributed by atoms with van der Waals surface area (Å²) in [6, 6.07) is 14.3. The van der Waals surface area contributed by atoms with Gasteiger partial charge in [0.15, 0.2) is 0 Å². The van der Waals surface area contributed by atoms with Gasteiger partial charge >= 0.3 is 0 Å². The van der Waals surface area contributed by atoms with E-state index in [2.05, 4.69) is 12.1 Å². The van der Waals surface area contributed by atoms with Crippen LogP contribution in [0.5, 0.6) is 0 Å². The summed E-state index contributed by atoms with van der Waals surface area (Å²) in [6.07, 6.45) is 3.85. The number of nitrogens with zero attached hydrogens (tertiary/aromatic N) is 1. The zero-order valence-electron chi connectivity index (χ0n) is 11.5. The van der Waals surface area contributed by atoms with Crippen LogP contribution in [0.4, 0.5) is 0 Å². The van der Waals surface area contributed by atoms with Crippen molar-refractivity contribution < 1.29 is 9.21 Å². The summed E-state index contributed by atoms with van der Waals surface area (Å²) in [5, 5.41) is 1.14. The van der Waals surface area contributed by atoms with Gasteiger partial charge in [-0.15, -0.1) is 11.3 Å². The fraction of sp³-hybridized carbons (Fsp3) is 0.235. The van der Waals surface area contributed by atoms with Gasteiger partial charge in [0.05, 0.1) is 17.7 Å². The van der Waals surface area contributed by atoms with E-state index in [9.17, 15) is 4.79 Å². The summed E-state index contributed by atoms with van der Waals surface area (Å²) in [5.41, 5.74) is 0. The number of benzene rings is 1. The second kappa shape index (κ2) is 5.04. The molecule has 1 aliphatic carbocycles. The first-order valence-corrected chi connectivity index (χ1v) is 7.95. The Morgan fingerprint density at radius 1 is 1.24 bits per heavy atom. The molecule has 1 amide bonds. The lowest BCUT2D eigenvalue weighted by Gasteiger charge is -2.20. The van der Waals surface area contributed by atoms with Gasteiger partial charge in [0.25, 0.3) is 5.91 Å². The van der Waals surface area contributed by atoms with Crippen molar-refractivity contribution >= 4 is 27.3 Å². The van der Waals surface area contributed by atoms with E-state index in [1.165, 1.54) is 0 Å². The lowest BCUT2D eigenvalue weighted by atomic mass is 10.2. The van der Waals surface area contributed by atoms with Gasteiger partial charge in [0.2, 0.25) is 0 Å². The average Bonchev–Trinajstić information content (AvgIpc) is 3.04. The van der Waals surface area contributed by atoms with Crippen LogP contribution in [0.25, 0.3) is 10.1 Å². The summed E-state index contributed by atoms with van der Waals surface area (Å²) in [6.45, 7) is 0.560. The van der Waals surface area contributed by atoms with Crippen molar-refractivity contribution in [3.63, 3.8) is 0 Å². The molecule has 2 aromatic heterocycles. The third-order valence-corrected chi connectivity index (χ3v) is 4.90. The quantitative estimate of drug-likeness (QED) is 0.719. The number of amides is 1. The topological polar surface area (TPSA) is 33.5 Å². The molecule has 0 bridgehead atoms.